The van der Waals surface area contributed by atoms with Crippen LogP contribution in [0.15, 0.2) is 48.5 Å². The van der Waals surface area contributed by atoms with Gasteiger partial charge in [-0.25, -0.2) is 9.18 Å². The van der Waals surface area contributed by atoms with E-state index in [1.165, 1.54) is 12.1 Å². The molecule has 130 valence electrons. The molecule has 3 nitrogen and oxygen atoms in total. The van der Waals surface area contributed by atoms with E-state index in [2.05, 4.69) is 15.7 Å². The quantitative estimate of drug-likeness (QED) is 0.764. The fourth-order valence-corrected chi connectivity index (χ4v) is 3.31. The molecule has 3 rings (SSSR count). The molecule has 0 saturated carbocycles. The Balaban J connectivity index is 1.54. The van der Waals surface area contributed by atoms with Crippen LogP contribution in [0.2, 0.25) is 5.02 Å². The molecule has 0 unspecified atom stereocenters. The standard InChI is InChI=1S/C20H20ClFN2O/c21-20-4-2-1-3-19(20)17(15-25)14-24-11-9-23(10-12-24)13-16-5-7-18(22)8-6-16/h1-8H,9-14H2. The highest BCUT2D eigenvalue weighted by Gasteiger charge is 2.19. The molecule has 1 heterocycles. The molecule has 2 aromatic rings. The molecule has 25 heavy (non-hydrogen) atoms. The molecule has 0 aromatic heterocycles. The second-order valence-corrected chi connectivity index (χ2v) is 6.65. The first-order chi connectivity index (χ1) is 12.2. The van der Waals surface area contributed by atoms with Crippen LogP contribution in [0.4, 0.5) is 4.39 Å². The molecule has 0 radical (unpaired) electrons. The van der Waals surface area contributed by atoms with Gasteiger partial charge in [-0.2, -0.15) is 0 Å². The molecule has 5 heteroatoms. The largest absolute Gasteiger partial charge is 0.297 e. The number of benzene rings is 2. The first-order valence-electron chi connectivity index (χ1n) is 8.34. The lowest BCUT2D eigenvalue weighted by Crippen LogP contribution is -2.46. The zero-order valence-corrected chi connectivity index (χ0v) is 14.7. The van der Waals surface area contributed by atoms with Crippen LogP contribution < -0.4 is 0 Å². The van der Waals surface area contributed by atoms with Gasteiger partial charge in [-0.05, 0) is 23.8 Å². The van der Waals surface area contributed by atoms with E-state index in [4.69, 9.17) is 11.6 Å². The monoisotopic (exact) mass is 358 g/mol. The SMILES string of the molecule is O=C=C(CN1CCN(Cc2ccc(F)cc2)CC1)c1ccccc1Cl. The van der Waals surface area contributed by atoms with E-state index in [1.54, 1.807) is 6.07 Å². The summed E-state index contributed by atoms with van der Waals surface area (Å²) in [4.78, 5) is 16.0. The first kappa shape index (κ1) is 17.8. The highest BCUT2D eigenvalue weighted by Crippen LogP contribution is 2.23. The van der Waals surface area contributed by atoms with E-state index in [1.807, 2.05) is 30.3 Å². The topological polar surface area (TPSA) is 23.6 Å². The van der Waals surface area contributed by atoms with Crippen molar-refractivity contribution in [2.75, 3.05) is 32.7 Å². The molecule has 0 N–H and O–H groups in total. The van der Waals surface area contributed by atoms with Gasteiger partial charge in [-0.3, -0.25) is 9.80 Å². The molecular formula is C20H20ClFN2O. The number of nitrogens with zero attached hydrogens (tertiary/aromatic N) is 2. The van der Waals surface area contributed by atoms with E-state index in [0.29, 0.717) is 17.1 Å². The van der Waals surface area contributed by atoms with Crippen molar-refractivity contribution in [1.29, 1.82) is 0 Å². The smallest absolute Gasteiger partial charge is 0.129 e. The van der Waals surface area contributed by atoms with Gasteiger partial charge in [0.25, 0.3) is 0 Å². The number of hydrogen-bond donors (Lipinski definition) is 0. The molecule has 1 fully saturated rings. The van der Waals surface area contributed by atoms with Crippen molar-refractivity contribution >= 4 is 23.1 Å². The van der Waals surface area contributed by atoms with E-state index >= 15 is 0 Å². The van der Waals surface area contributed by atoms with Gasteiger partial charge in [-0.15, -0.1) is 0 Å². The van der Waals surface area contributed by atoms with Crippen LogP contribution >= 0.6 is 11.6 Å². The number of rotatable bonds is 5. The van der Waals surface area contributed by atoms with Crippen molar-refractivity contribution in [2.24, 2.45) is 0 Å². The fourth-order valence-electron chi connectivity index (χ4n) is 3.06. The van der Waals surface area contributed by atoms with Crippen LogP contribution in [0.1, 0.15) is 11.1 Å². The van der Waals surface area contributed by atoms with Crippen LogP contribution in [-0.4, -0.2) is 48.5 Å². The minimum Gasteiger partial charge on any atom is -0.297 e. The summed E-state index contributed by atoms with van der Waals surface area (Å²) in [6, 6.07) is 14.0. The Hall–Kier alpha value is -1.97. The van der Waals surface area contributed by atoms with Gasteiger partial charge in [0.05, 0.1) is 5.57 Å². The van der Waals surface area contributed by atoms with Crippen molar-refractivity contribution in [1.82, 2.24) is 9.80 Å². The maximum atomic E-state index is 13.0. The average molecular weight is 359 g/mol. The van der Waals surface area contributed by atoms with Crippen molar-refractivity contribution in [3.05, 3.63) is 70.5 Å². The predicted octanol–water partition coefficient (Wildman–Crippen LogP) is 3.51. The Morgan fingerprint density at radius 1 is 1.00 bits per heavy atom. The van der Waals surface area contributed by atoms with Crippen molar-refractivity contribution in [3.63, 3.8) is 0 Å². The second-order valence-electron chi connectivity index (χ2n) is 6.24. The lowest BCUT2D eigenvalue weighted by atomic mass is 10.1. The Morgan fingerprint density at radius 2 is 1.64 bits per heavy atom. The summed E-state index contributed by atoms with van der Waals surface area (Å²) in [5.41, 5.74) is 2.46. The second kappa shape index (κ2) is 8.41. The molecule has 0 bridgehead atoms. The normalized spacial score (nSPS) is 15.8. The van der Waals surface area contributed by atoms with Gasteiger partial charge in [0.2, 0.25) is 0 Å². The van der Waals surface area contributed by atoms with Gasteiger partial charge < -0.3 is 0 Å². The van der Waals surface area contributed by atoms with E-state index < -0.39 is 0 Å². The Bertz CT molecular complexity index is 764. The Kier molecular flexibility index (Phi) is 6.00. The van der Waals surface area contributed by atoms with Gasteiger partial charge in [0, 0.05) is 49.9 Å². The fraction of sp³-hybridized carbons (Fsp3) is 0.300. The maximum Gasteiger partial charge on any atom is 0.129 e. The van der Waals surface area contributed by atoms with E-state index in [-0.39, 0.29) is 5.82 Å². The van der Waals surface area contributed by atoms with Gasteiger partial charge >= 0.3 is 0 Å². The zero-order chi connectivity index (χ0) is 17.6. The summed E-state index contributed by atoms with van der Waals surface area (Å²) in [7, 11) is 0. The Labute approximate surface area is 152 Å². The summed E-state index contributed by atoms with van der Waals surface area (Å²) in [5.74, 6) is 1.85. The third kappa shape index (κ3) is 4.77. The lowest BCUT2D eigenvalue weighted by Gasteiger charge is -2.34. The highest BCUT2D eigenvalue weighted by atomic mass is 35.5. The van der Waals surface area contributed by atoms with Crippen molar-refractivity contribution < 1.29 is 9.18 Å². The molecule has 0 aliphatic carbocycles. The summed E-state index contributed by atoms with van der Waals surface area (Å²) in [6.07, 6.45) is 0. The van der Waals surface area contributed by atoms with Crippen LogP contribution in [-0.2, 0) is 11.3 Å². The number of carbonyl (C=O) groups excluding carboxylic acids is 1. The third-order valence-corrected chi connectivity index (χ3v) is 4.82. The number of hydrogen-bond acceptors (Lipinski definition) is 3. The van der Waals surface area contributed by atoms with Crippen molar-refractivity contribution in [3.8, 4) is 0 Å². The minimum atomic E-state index is -0.207. The van der Waals surface area contributed by atoms with Gasteiger partial charge in [0.15, 0.2) is 0 Å². The van der Waals surface area contributed by atoms with Crippen LogP contribution in [0.5, 0.6) is 0 Å². The summed E-state index contributed by atoms with van der Waals surface area (Å²) in [5, 5.41) is 0.579. The third-order valence-electron chi connectivity index (χ3n) is 4.49. The maximum absolute atomic E-state index is 13.0. The molecule has 1 aliphatic rings. The summed E-state index contributed by atoms with van der Waals surface area (Å²) in [6.45, 7) is 4.93. The summed E-state index contributed by atoms with van der Waals surface area (Å²) < 4.78 is 13.0. The molecule has 1 aliphatic heterocycles. The van der Waals surface area contributed by atoms with Crippen LogP contribution in [0.3, 0.4) is 0 Å². The Morgan fingerprint density at radius 3 is 2.28 bits per heavy atom. The predicted molar refractivity (Wildman–Crippen MR) is 98.7 cm³/mol. The molecular weight excluding hydrogens is 339 g/mol. The average Bonchev–Trinajstić information content (AvgIpc) is 2.64. The van der Waals surface area contributed by atoms with E-state index in [0.717, 1.165) is 43.9 Å². The van der Waals surface area contributed by atoms with Crippen molar-refractivity contribution in [2.45, 2.75) is 6.54 Å². The van der Waals surface area contributed by atoms with E-state index in [9.17, 15) is 9.18 Å². The van der Waals surface area contributed by atoms with Crippen LogP contribution in [0, 0.1) is 5.82 Å². The minimum absolute atomic E-state index is 0.207. The summed E-state index contributed by atoms with van der Waals surface area (Å²) >= 11 is 6.19. The molecule has 0 amide bonds. The molecule has 1 saturated heterocycles. The first-order valence-corrected chi connectivity index (χ1v) is 8.71. The number of piperazine rings is 1. The highest BCUT2D eigenvalue weighted by molar-refractivity contribution is 6.32. The van der Waals surface area contributed by atoms with Gasteiger partial charge in [0.1, 0.15) is 11.8 Å². The molecule has 2 aromatic carbocycles. The van der Waals surface area contributed by atoms with Crippen LogP contribution in [0.25, 0.3) is 5.57 Å². The van der Waals surface area contributed by atoms with Gasteiger partial charge in [-0.1, -0.05) is 41.9 Å². The zero-order valence-electron chi connectivity index (χ0n) is 13.9. The lowest BCUT2D eigenvalue weighted by molar-refractivity contribution is 0.138. The number of halogens is 2. The molecule has 0 spiro atoms. The molecule has 0 atom stereocenters.